The van der Waals surface area contributed by atoms with Crippen molar-refractivity contribution in [3.05, 3.63) is 89.7 Å². The molecule has 0 radical (unpaired) electrons. The molecule has 0 spiro atoms. The van der Waals surface area contributed by atoms with Crippen LogP contribution in [0.15, 0.2) is 77.7 Å². The van der Waals surface area contributed by atoms with E-state index in [-0.39, 0.29) is 28.3 Å². The highest BCUT2D eigenvalue weighted by Crippen LogP contribution is 2.22. The number of ether oxygens (including phenoxy) is 1. The molecular weight excluding hydrogens is 445 g/mol. The van der Waals surface area contributed by atoms with Crippen LogP contribution in [0, 0.1) is 11.7 Å². The lowest BCUT2D eigenvalue weighted by Gasteiger charge is -2.25. The van der Waals surface area contributed by atoms with Crippen LogP contribution in [0.4, 0.5) is 4.39 Å². The van der Waals surface area contributed by atoms with Crippen molar-refractivity contribution in [2.75, 3.05) is 7.11 Å². The molecule has 174 valence electrons. The van der Waals surface area contributed by atoms with E-state index in [0.717, 1.165) is 11.1 Å². The third-order valence-corrected chi connectivity index (χ3v) is 6.20. The fraction of sp³-hybridized carbons (Fsp3) is 0.240. The van der Waals surface area contributed by atoms with Gasteiger partial charge in [0.2, 0.25) is 5.91 Å². The summed E-state index contributed by atoms with van der Waals surface area (Å²) in [6.45, 7) is 4.29. The molecule has 0 fully saturated rings. The third kappa shape index (κ3) is 6.55. The maximum atomic E-state index is 13.2. The Bertz CT molecular complexity index is 1170. The van der Waals surface area contributed by atoms with Gasteiger partial charge < -0.3 is 13.8 Å². The molecule has 0 N–H and O–H groups in total. The quantitative estimate of drug-likeness (QED) is 0.420. The highest BCUT2D eigenvalue weighted by Gasteiger charge is 2.19. The molecule has 3 aromatic carbocycles. The lowest BCUT2D eigenvalue weighted by atomic mass is 10.1. The van der Waals surface area contributed by atoms with Crippen molar-refractivity contribution in [3.63, 3.8) is 0 Å². The van der Waals surface area contributed by atoms with E-state index in [1.165, 1.54) is 31.4 Å². The molecule has 1 amide bonds. The molecule has 0 saturated heterocycles. The van der Waals surface area contributed by atoms with E-state index in [4.69, 9.17) is 8.92 Å². The zero-order chi connectivity index (χ0) is 24.0. The fourth-order valence-electron chi connectivity index (χ4n) is 3.18. The predicted molar refractivity (Wildman–Crippen MR) is 123 cm³/mol. The molecule has 3 aromatic rings. The van der Waals surface area contributed by atoms with Crippen molar-refractivity contribution in [1.82, 2.24) is 4.90 Å². The number of benzene rings is 3. The molecule has 6 nitrogen and oxygen atoms in total. The van der Waals surface area contributed by atoms with Gasteiger partial charge in [-0.3, -0.25) is 4.79 Å². The first-order chi connectivity index (χ1) is 15.7. The average molecular weight is 472 g/mol. The number of amides is 1. The molecule has 0 unspecified atom stereocenters. The van der Waals surface area contributed by atoms with E-state index < -0.39 is 10.1 Å². The Balaban J connectivity index is 1.72. The SMILES string of the molecule is COc1ccc(S(=O)(=O)Oc2ccc(CN(Cc3ccc(F)cc3)C(=O)C(C)C)cc2)cc1. The fourth-order valence-corrected chi connectivity index (χ4v) is 4.11. The van der Waals surface area contributed by atoms with Crippen LogP contribution in [0.1, 0.15) is 25.0 Å². The molecular formula is C25H26FNO5S. The summed E-state index contributed by atoms with van der Waals surface area (Å²) in [7, 11) is -2.50. The zero-order valence-corrected chi connectivity index (χ0v) is 19.5. The summed E-state index contributed by atoms with van der Waals surface area (Å²) < 4.78 is 48.5. The van der Waals surface area contributed by atoms with Gasteiger partial charge in [-0.25, -0.2) is 4.39 Å². The number of carbonyl (C=O) groups is 1. The van der Waals surface area contributed by atoms with Crippen LogP contribution in [0.2, 0.25) is 0 Å². The minimum absolute atomic E-state index is 0.0142. The number of hydrogen-bond acceptors (Lipinski definition) is 5. The van der Waals surface area contributed by atoms with Crippen LogP contribution in [-0.2, 0) is 28.0 Å². The molecule has 0 atom stereocenters. The third-order valence-electron chi connectivity index (χ3n) is 4.94. The largest absolute Gasteiger partial charge is 0.497 e. The second-order valence-electron chi connectivity index (χ2n) is 7.83. The summed E-state index contributed by atoms with van der Waals surface area (Å²) in [5, 5.41) is 0. The first-order valence-corrected chi connectivity index (χ1v) is 11.8. The first-order valence-electron chi connectivity index (χ1n) is 10.4. The van der Waals surface area contributed by atoms with Gasteiger partial charge >= 0.3 is 10.1 Å². The van der Waals surface area contributed by atoms with E-state index in [1.54, 1.807) is 53.4 Å². The van der Waals surface area contributed by atoms with Gasteiger partial charge in [0.15, 0.2) is 0 Å². The standard InChI is InChI=1S/C25H26FNO5S/c1-18(2)25(28)27(16-19-4-8-21(26)9-5-19)17-20-6-10-23(11-7-20)32-33(29,30)24-14-12-22(31-3)13-15-24/h4-15,18H,16-17H2,1-3H3. The molecule has 0 aromatic heterocycles. The number of nitrogens with zero attached hydrogens (tertiary/aromatic N) is 1. The van der Waals surface area contributed by atoms with Gasteiger partial charge in [0.25, 0.3) is 0 Å². The topological polar surface area (TPSA) is 72.9 Å². The van der Waals surface area contributed by atoms with Crippen LogP contribution >= 0.6 is 0 Å². The minimum atomic E-state index is -3.99. The Hall–Kier alpha value is -3.39. The van der Waals surface area contributed by atoms with Gasteiger partial charge in [-0.1, -0.05) is 38.1 Å². The molecule has 0 aliphatic carbocycles. The highest BCUT2D eigenvalue weighted by atomic mass is 32.2. The average Bonchev–Trinajstić information content (AvgIpc) is 2.80. The van der Waals surface area contributed by atoms with Crippen molar-refractivity contribution in [1.29, 1.82) is 0 Å². The van der Waals surface area contributed by atoms with Gasteiger partial charge in [-0.05, 0) is 59.7 Å². The molecule has 8 heteroatoms. The molecule has 0 saturated carbocycles. The monoisotopic (exact) mass is 471 g/mol. The Morgan fingerprint density at radius 2 is 1.33 bits per heavy atom. The maximum absolute atomic E-state index is 13.2. The van der Waals surface area contributed by atoms with Crippen molar-refractivity contribution >= 4 is 16.0 Å². The van der Waals surface area contributed by atoms with Gasteiger partial charge in [0.1, 0.15) is 22.2 Å². The lowest BCUT2D eigenvalue weighted by molar-refractivity contribution is -0.135. The van der Waals surface area contributed by atoms with E-state index in [0.29, 0.717) is 18.8 Å². The smallest absolute Gasteiger partial charge is 0.339 e. The highest BCUT2D eigenvalue weighted by molar-refractivity contribution is 7.87. The summed E-state index contributed by atoms with van der Waals surface area (Å²) in [6, 6.07) is 18.5. The Morgan fingerprint density at radius 3 is 1.82 bits per heavy atom. The lowest BCUT2D eigenvalue weighted by Crippen LogP contribution is -2.33. The second-order valence-corrected chi connectivity index (χ2v) is 9.38. The van der Waals surface area contributed by atoms with E-state index in [9.17, 15) is 17.6 Å². The van der Waals surface area contributed by atoms with E-state index in [2.05, 4.69) is 0 Å². The van der Waals surface area contributed by atoms with Gasteiger partial charge in [0.05, 0.1) is 7.11 Å². The van der Waals surface area contributed by atoms with E-state index >= 15 is 0 Å². The minimum Gasteiger partial charge on any atom is -0.497 e. The molecule has 0 aliphatic rings. The number of rotatable bonds is 9. The van der Waals surface area contributed by atoms with E-state index in [1.807, 2.05) is 13.8 Å². The molecule has 0 heterocycles. The summed E-state index contributed by atoms with van der Waals surface area (Å²) in [5.74, 6) is 0.124. The number of hydrogen-bond donors (Lipinski definition) is 0. The van der Waals surface area contributed by atoms with Crippen LogP contribution in [0.25, 0.3) is 0 Å². The molecule has 0 bridgehead atoms. The van der Waals surface area contributed by atoms with Crippen molar-refractivity contribution in [2.45, 2.75) is 31.8 Å². The van der Waals surface area contributed by atoms with Crippen LogP contribution < -0.4 is 8.92 Å². The maximum Gasteiger partial charge on any atom is 0.339 e. The molecule has 3 rings (SSSR count). The van der Waals surface area contributed by atoms with Crippen molar-refractivity contribution < 1.29 is 26.5 Å². The molecule has 33 heavy (non-hydrogen) atoms. The molecule has 0 aliphatic heterocycles. The summed E-state index contributed by atoms with van der Waals surface area (Å²) in [6.07, 6.45) is 0. The van der Waals surface area contributed by atoms with Crippen LogP contribution in [0.5, 0.6) is 11.5 Å². The zero-order valence-electron chi connectivity index (χ0n) is 18.7. The van der Waals surface area contributed by atoms with Gasteiger partial charge in [-0.15, -0.1) is 0 Å². The number of carbonyl (C=O) groups excluding carboxylic acids is 1. The summed E-state index contributed by atoms with van der Waals surface area (Å²) in [5.41, 5.74) is 1.62. The van der Waals surface area contributed by atoms with Crippen LogP contribution in [-0.4, -0.2) is 26.3 Å². The van der Waals surface area contributed by atoms with Crippen molar-refractivity contribution in [2.24, 2.45) is 5.92 Å². The summed E-state index contributed by atoms with van der Waals surface area (Å²) in [4.78, 5) is 14.4. The number of halogens is 1. The van der Waals surface area contributed by atoms with Gasteiger partial charge in [0, 0.05) is 19.0 Å². The Morgan fingerprint density at radius 1 is 0.848 bits per heavy atom. The first kappa shape index (κ1) is 24.3. The number of methoxy groups -OCH3 is 1. The normalized spacial score (nSPS) is 11.3. The van der Waals surface area contributed by atoms with Crippen molar-refractivity contribution in [3.8, 4) is 11.5 Å². The second kappa shape index (κ2) is 10.5. The van der Waals surface area contributed by atoms with Crippen LogP contribution in [0.3, 0.4) is 0 Å². The predicted octanol–water partition coefficient (Wildman–Crippen LogP) is 4.79. The Kier molecular flexibility index (Phi) is 7.71. The Labute approximate surface area is 193 Å². The summed E-state index contributed by atoms with van der Waals surface area (Å²) >= 11 is 0. The van der Waals surface area contributed by atoms with Gasteiger partial charge in [-0.2, -0.15) is 8.42 Å².